The van der Waals surface area contributed by atoms with Gasteiger partial charge < -0.3 is 4.90 Å². The summed E-state index contributed by atoms with van der Waals surface area (Å²) in [5.74, 6) is -0.0942. The van der Waals surface area contributed by atoms with Crippen molar-refractivity contribution in [2.45, 2.75) is 24.2 Å². The second kappa shape index (κ2) is 7.38. The first-order valence-electron chi connectivity index (χ1n) is 9.41. The highest BCUT2D eigenvalue weighted by molar-refractivity contribution is 7.89. The van der Waals surface area contributed by atoms with Crippen LogP contribution >= 0.6 is 0 Å². The number of anilines is 1. The lowest BCUT2D eigenvalue weighted by molar-refractivity contribution is -0.123. The van der Waals surface area contributed by atoms with Crippen molar-refractivity contribution >= 4 is 21.6 Å². The maximum absolute atomic E-state index is 13.0. The summed E-state index contributed by atoms with van der Waals surface area (Å²) in [6.07, 6.45) is 1.84. The lowest BCUT2D eigenvalue weighted by atomic mass is 9.96. The van der Waals surface area contributed by atoms with Gasteiger partial charge in [0.2, 0.25) is 15.9 Å². The molecular weight excluding hydrogens is 374 g/mol. The molecule has 0 spiro atoms. The molecule has 0 bridgehead atoms. The molecule has 2 aromatic carbocycles. The fourth-order valence-corrected chi connectivity index (χ4v) is 5.67. The zero-order valence-electron chi connectivity index (χ0n) is 15.4. The summed E-state index contributed by atoms with van der Waals surface area (Å²) in [5.41, 5.74) is 2.31. The van der Waals surface area contributed by atoms with Gasteiger partial charge in [0, 0.05) is 31.2 Å². The van der Waals surface area contributed by atoms with Gasteiger partial charge in [-0.05, 0) is 43.0 Å². The molecule has 1 amide bonds. The van der Waals surface area contributed by atoms with Crippen molar-refractivity contribution in [3.63, 3.8) is 0 Å². The molecule has 7 heteroatoms. The highest BCUT2D eigenvalue weighted by Gasteiger charge is 2.36. The van der Waals surface area contributed by atoms with E-state index in [0.29, 0.717) is 19.4 Å². The van der Waals surface area contributed by atoms with E-state index in [2.05, 4.69) is 0 Å². The van der Waals surface area contributed by atoms with E-state index in [1.54, 1.807) is 12.1 Å². The minimum atomic E-state index is -3.74. The van der Waals surface area contributed by atoms with Gasteiger partial charge in [-0.1, -0.05) is 30.3 Å². The minimum Gasteiger partial charge on any atom is -0.312 e. The first-order chi connectivity index (χ1) is 13.5. The molecule has 0 atom stereocenters. The molecule has 0 unspecified atom stereocenters. The Balaban J connectivity index is 1.47. The second-order valence-electron chi connectivity index (χ2n) is 7.15. The number of hydrogen-bond acceptors (Lipinski definition) is 4. The third-order valence-electron chi connectivity index (χ3n) is 5.58. The number of carbonyl (C=O) groups excluding carboxylic acids is 1. The number of sulfonamides is 1. The van der Waals surface area contributed by atoms with Crippen LogP contribution in [0.25, 0.3) is 0 Å². The summed E-state index contributed by atoms with van der Waals surface area (Å²) in [7, 11) is -3.74. The molecule has 0 saturated carbocycles. The lowest BCUT2D eigenvalue weighted by Crippen LogP contribution is -2.44. The quantitative estimate of drug-likeness (QED) is 0.800. The van der Waals surface area contributed by atoms with Crippen molar-refractivity contribution in [1.29, 1.82) is 5.26 Å². The fourth-order valence-electron chi connectivity index (χ4n) is 4.05. The molecule has 2 aliphatic rings. The van der Waals surface area contributed by atoms with Crippen LogP contribution in [0.15, 0.2) is 53.4 Å². The Hall–Kier alpha value is -2.69. The third-order valence-corrected chi connectivity index (χ3v) is 7.54. The van der Waals surface area contributed by atoms with Crippen molar-refractivity contribution in [2.24, 2.45) is 5.92 Å². The number of carbonyl (C=O) groups is 1. The number of amides is 1. The normalized spacial score (nSPS) is 17.9. The molecule has 2 aromatic rings. The monoisotopic (exact) mass is 395 g/mol. The highest BCUT2D eigenvalue weighted by Crippen LogP contribution is 2.32. The molecule has 6 nitrogen and oxygen atoms in total. The molecular formula is C21H21N3O3S. The standard InChI is InChI=1S/C21H21N3O3S/c22-15-18-6-2-4-8-20(18)28(26,27)23-12-9-17(10-13-23)21(25)24-14-11-16-5-1-3-7-19(16)24/h1-8,17H,9-14H2. The molecule has 28 heavy (non-hydrogen) atoms. The minimum absolute atomic E-state index is 0.0377. The smallest absolute Gasteiger partial charge is 0.244 e. The second-order valence-corrected chi connectivity index (χ2v) is 9.06. The Morgan fingerprint density at radius 2 is 1.68 bits per heavy atom. The summed E-state index contributed by atoms with van der Waals surface area (Å²) < 4.78 is 27.3. The Labute approximate surface area is 165 Å². The maximum atomic E-state index is 13.0. The van der Waals surface area contributed by atoms with Gasteiger partial charge in [0.05, 0.1) is 10.5 Å². The summed E-state index contributed by atoms with van der Waals surface area (Å²) in [5, 5.41) is 9.21. The molecule has 0 aromatic heterocycles. The largest absolute Gasteiger partial charge is 0.312 e. The van der Waals surface area contributed by atoms with Crippen LogP contribution in [-0.2, 0) is 21.2 Å². The van der Waals surface area contributed by atoms with E-state index in [-0.39, 0.29) is 35.4 Å². The zero-order chi connectivity index (χ0) is 19.7. The maximum Gasteiger partial charge on any atom is 0.244 e. The molecule has 144 valence electrons. The zero-order valence-corrected chi connectivity index (χ0v) is 16.2. The number of fused-ring (bicyclic) bond motifs is 1. The molecule has 4 rings (SSSR count). The number of hydrogen-bond donors (Lipinski definition) is 0. The van der Waals surface area contributed by atoms with Gasteiger partial charge in [-0.15, -0.1) is 0 Å². The Morgan fingerprint density at radius 3 is 2.43 bits per heavy atom. The van der Waals surface area contributed by atoms with Crippen LogP contribution in [0.2, 0.25) is 0 Å². The van der Waals surface area contributed by atoms with Gasteiger partial charge in [0.15, 0.2) is 0 Å². The first kappa shape index (κ1) is 18.7. The van der Waals surface area contributed by atoms with Crippen LogP contribution in [0.3, 0.4) is 0 Å². The summed E-state index contributed by atoms with van der Waals surface area (Å²) in [6, 6.07) is 16.1. The number of nitrogens with zero attached hydrogens (tertiary/aromatic N) is 3. The van der Waals surface area contributed by atoms with Gasteiger partial charge in [-0.3, -0.25) is 4.79 Å². The predicted molar refractivity (Wildman–Crippen MR) is 105 cm³/mol. The summed E-state index contributed by atoms with van der Waals surface area (Å²) in [6.45, 7) is 1.26. The Bertz CT molecular complexity index is 1050. The molecule has 1 saturated heterocycles. The third kappa shape index (κ3) is 3.19. The van der Waals surface area contributed by atoms with Gasteiger partial charge in [0.25, 0.3) is 0 Å². The van der Waals surface area contributed by atoms with E-state index in [4.69, 9.17) is 0 Å². The van der Waals surface area contributed by atoms with Gasteiger partial charge in [-0.25, -0.2) is 8.42 Å². The van der Waals surface area contributed by atoms with E-state index in [1.807, 2.05) is 35.2 Å². The summed E-state index contributed by atoms with van der Waals surface area (Å²) in [4.78, 5) is 14.9. The van der Waals surface area contributed by atoms with Crippen molar-refractivity contribution < 1.29 is 13.2 Å². The van der Waals surface area contributed by atoms with Crippen LogP contribution in [0.1, 0.15) is 24.0 Å². The number of benzene rings is 2. The number of nitriles is 1. The van der Waals surface area contributed by atoms with Crippen molar-refractivity contribution in [3.8, 4) is 6.07 Å². The first-order valence-corrected chi connectivity index (χ1v) is 10.8. The predicted octanol–water partition coefficient (Wildman–Crippen LogP) is 2.55. The van der Waals surface area contributed by atoms with E-state index in [1.165, 1.54) is 22.0 Å². The SMILES string of the molecule is N#Cc1ccccc1S(=O)(=O)N1CCC(C(=O)N2CCc3ccccc32)CC1. The Kier molecular flexibility index (Phi) is 4.92. The van der Waals surface area contributed by atoms with Crippen LogP contribution in [0.5, 0.6) is 0 Å². The van der Waals surface area contributed by atoms with Gasteiger partial charge >= 0.3 is 0 Å². The van der Waals surface area contributed by atoms with Crippen LogP contribution in [0, 0.1) is 17.2 Å². The average molecular weight is 395 g/mol. The lowest BCUT2D eigenvalue weighted by Gasteiger charge is -2.32. The van der Waals surface area contributed by atoms with Crippen LogP contribution < -0.4 is 4.90 Å². The molecule has 0 aliphatic carbocycles. The van der Waals surface area contributed by atoms with Crippen molar-refractivity contribution in [2.75, 3.05) is 24.5 Å². The Morgan fingerprint density at radius 1 is 1.00 bits per heavy atom. The van der Waals surface area contributed by atoms with Crippen LogP contribution in [-0.4, -0.2) is 38.3 Å². The average Bonchev–Trinajstić information content (AvgIpc) is 3.17. The number of para-hydroxylation sites is 1. The molecule has 2 aliphatic heterocycles. The van der Waals surface area contributed by atoms with Crippen molar-refractivity contribution in [3.05, 3.63) is 59.7 Å². The fraction of sp³-hybridized carbons (Fsp3) is 0.333. The van der Waals surface area contributed by atoms with Gasteiger partial charge in [-0.2, -0.15) is 9.57 Å². The van der Waals surface area contributed by atoms with Crippen molar-refractivity contribution in [1.82, 2.24) is 4.31 Å². The van der Waals surface area contributed by atoms with E-state index < -0.39 is 10.0 Å². The topological polar surface area (TPSA) is 81.5 Å². The molecule has 0 radical (unpaired) electrons. The summed E-state index contributed by atoms with van der Waals surface area (Å²) >= 11 is 0. The molecule has 2 heterocycles. The number of piperidine rings is 1. The van der Waals surface area contributed by atoms with Gasteiger partial charge in [0.1, 0.15) is 6.07 Å². The number of rotatable bonds is 3. The molecule has 1 fully saturated rings. The highest BCUT2D eigenvalue weighted by atomic mass is 32.2. The van der Waals surface area contributed by atoms with E-state index >= 15 is 0 Å². The molecule has 0 N–H and O–H groups in total. The van der Waals surface area contributed by atoms with E-state index in [0.717, 1.165) is 12.1 Å². The van der Waals surface area contributed by atoms with Crippen LogP contribution in [0.4, 0.5) is 5.69 Å². The van der Waals surface area contributed by atoms with E-state index in [9.17, 15) is 18.5 Å².